The average molecular weight is 356 g/mol. The molecule has 2 N–H and O–H groups in total. The molecule has 1 fully saturated rings. The number of likely N-dealkylation sites (tertiary alicyclic amines) is 1. The maximum atomic E-state index is 12.8. The molecule has 0 aliphatic carbocycles. The van der Waals surface area contributed by atoms with Gasteiger partial charge in [0.1, 0.15) is 0 Å². The smallest absolute Gasteiger partial charge is 0.335 e. The molecular weight excluding hydrogens is 332 g/mol. The molecule has 2 heterocycles. The van der Waals surface area contributed by atoms with Gasteiger partial charge in [-0.25, -0.2) is 4.79 Å². The van der Waals surface area contributed by atoms with Crippen LogP contribution in [0.4, 0.5) is 0 Å². The van der Waals surface area contributed by atoms with Crippen LogP contribution in [0.5, 0.6) is 0 Å². The highest BCUT2D eigenvalue weighted by molar-refractivity contribution is 5.99. The Hall–Kier alpha value is -2.44. The van der Waals surface area contributed by atoms with Crippen LogP contribution in [0, 0.1) is 13.8 Å². The van der Waals surface area contributed by atoms with Crippen LogP contribution in [0.3, 0.4) is 0 Å². The van der Waals surface area contributed by atoms with E-state index >= 15 is 0 Å². The zero-order chi connectivity index (χ0) is 18.8. The fraction of sp³-hybridized carbons (Fsp3) is 0.400. The molecule has 0 bridgehead atoms. The predicted octanol–water partition coefficient (Wildman–Crippen LogP) is 2.43. The third-order valence-electron chi connectivity index (χ3n) is 5.03. The van der Waals surface area contributed by atoms with Crippen LogP contribution in [-0.4, -0.2) is 57.2 Å². The van der Waals surface area contributed by atoms with Gasteiger partial charge in [-0.1, -0.05) is 0 Å². The molecule has 0 amide bonds. The van der Waals surface area contributed by atoms with Crippen LogP contribution in [-0.2, 0) is 0 Å². The van der Waals surface area contributed by atoms with E-state index in [1.165, 1.54) is 0 Å². The monoisotopic (exact) mass is 356 g/mol. The fourth-order valence-corrected chi connectivity index (χ4v) is 3.56. The zero-order valence-corrected chi connectivity index (χ0v) is 15.1. The number of hydrogen-bond acceptors (Lipinski definition) is 4. The highest BCUT2D eigenvalue weighted by atomic mass is 16.4. The Kier molecular flexibility index (Phi) is 5.25. The number of hydrogen-bond donors (Lipinski definition) is 2. The summed E-state index contributed by atoms with van der Waals surface area (Å²) in [7, 11) is 0. The Bertz CT molecular complexity index is 815. The van der Waals surface area contributed by atoms with E-state index in [4.69, 9.17) is 5.11 Å². The summed E-state index contributed by atoms with van der Waals surface area (Å²) in [6.45, 7) is 5.68. The molecule has 0 atom stereocenters. The van der Waals surface area contributed by atoms with Gasteiger partial charge in [0.15, 0.2) is 5.78 Å². The Morgan fingerprint density at radius 2 is 1.73 bits per heavy atom. The Morgan fingerprint density at radius 3 is 2.31 bits per heavy atom. The van der Waals surface area contributed by atoms with Crippen molar-refractivity contribution in [2.24, 2.45) is 0 Å². The summed E-state index contributed by atoms with van der Waals surface area (Å²) in [4.78, 5) is 25.9. The van der Waals surface area contributed by atoms with E-state index in [0.29, 0.717) is 24.9 Å². The molecule has 0 spiro atoms. The minimum Gasteiger partial charge on any atom is -0.478 e. The van der Waals surface area contributed by atoms with Crippen molar-refractivity contribution in [2.45, 2.75) is 32.8 Å². The van der Waals surface area contributed by atoms with Crippen LogP contribution in [0.1, 0.15) is 44.9 Å². The van der Waals surface area contributed by atoms with Crippen LogP contribution in [0.15, 0.2) is 30.3 Å². The van der Waals surface area contributed by atoms with Crippen molar-refractivity contribution in [3.63, 3.8) is 0 Å². The van der Waals surface area contributed by atoms with E-state index in [2.05, 4.69) is 4.90 Å². The third kappa shape index (κ3) is 3.71. The van der Waals surface area contributed by atoms with Crippen molar-refractivity contribution in [2.75, 3.05) is 19.6 Å². The van der Waals surface area contributed by atoms with E-state index in [-0.39, 0.29) is 17.5 Å². The van der Waals surface area contributed by atoms with Gasteiger partial charge in [0.2, 0.25) is 0 Å². The van der Waals surface area contributed by atoms with E-state index < -0.39 is 5.97 Å². The predicted molar refractivity (Wildman–Crippen MR) is 98.2 cm³/mol. The molecule has 26 heavy (non-hydrogen) atoms. The zero-order valence-electron chi connectivity index (χ0n) is 15.1. The maximum Gasteiger partial charge on any atom is 0.335 e. The molecule has 0 radical (unpaired) electrons. The fourth-order valence-electron chi connectivity index (χ4n) is 3.56. The summed E-state index contributed by atoms with van der Waals surface area (Å²) >= 11 is 0. The lowest BCUT2D eigenvalue weighted by molar-refractivity contribution is 0.0696. The number of carbonyl (C=O) groups excluding carboxylic acids is 1. The van der Waals surface area contributed by atoms with Gasteiger partial charge < -0.3 is 14.8 Å². The van der Waals surface area contributed by atoms with Crippen LogP contribution in [0.25, 0.3) is 5.69 Å². The number of aryl methyl sites for hydroxylation is 1. The number of aliphatic hydroxyl groups excluding tert-OH is 1. The largest absolute Gasteiger partial charge is 0.478 e. The third-order valence-corrected chi connectivity index (χ3v) is 5.03. The molecule has 3 rings (SSSR count). The Labute approximate surface area is 152 Å². The molecule has 2 aromatic rings. The van der Waals surface area contributed by atoms with Gasteiger partial charge in [-0.3, -0.25) is 9.69 Å². The molecule has 138 valence electrons. The Balaban J connectivity index is 1.81. The molecule has 6 nitrogen and oxygen atoms in total. The molecule has 0 saturated carbocycles. The number of benzene rings is 1. The summed E-state index contributed by atoms with van der Waals surface area (Å²) in [5.74, 6) is -0.886. The number of rotatable bonds is 5. The Morgan fingerprint density at radius 1 is 1.12 bits per heavy atom. The van der Waals surface area contributed by atoms with E-state index in [9.17, 15) is 14.7 Å². The topological polar surface area (TPSA) is 82.8 Å². The van der Waals surface area contributed by atoms with E-state index in [1.807, 2.05) is 24.5 Å². The maximum absolute atomic E-state index is 12.8. The quantitative estimate of drug-likeness (QED) is 0.804. The SMILES string of the molecule is Cc1cc(C(=O)CN2CCC(O)CC2)c(C)n1-c1ccc(C(=O)O)cc1. The van der Waals surface area contributed by atoms with Gasteiger partial charge in [-0.2, -0.15) is 0 Å². The van der Waals surface area contributed by atoms with Crippen molar-refractivity contribution < 1.29 is 19.8 Å². The average Bonchev–Trinajstić information content (AvgIpc) is 2.91. The summed E-state index contributed by atoms with van der Waals surface area (Å²) in [5, 5.41) is 18.6. The lowest BCUT2D eigenvalue weighted by Gasteiger charge is -2.28. The number of aromatic carboxylic acids is 1. The second kappa shape index (κ2) is 7.43. The molecule has 1 aromatic heterocycles. The lowest BCUT2D eigenvalue weighted by atomic mass is 10.1. The molecule has 1 aromatic carbocycles. The first kappa shape index (κ1) is 18.4. The number of carboxylic acids is 1. The molecule has 1 saturated heterocycles. The lowest BCUT2D eigenvalue weighted by Crippen LogP contribution is -2.39. The number of carboxylic acid groups (broad SMARTS) is 1. The number of nitrogens with zero attached hydrogens (tertiary/aromatic N) is 2. The first-order valence-corrected chi connectivity index (χ1v) is 8.83. The first-order chi connectivity index (χ1) is 12.4. The number of ketones is 1. The number of aromatic nitrogens is 1. The summed E-state index contributed by atoms with van der Waals surface area (Å²) < 4.78 is 1.97. The summed E-state index contributed by atoms with van der Waals surface area (Å²) in [5.41, 5.74) is 3.55. The van der Waals surface area contributed by atoms with Gasteiger partial charge in [0, 0.05) is 35.7 Å². The van der Waals surface area contributed by atoms with E-state index in [1.54, 1.807) is 24.3 Å². The van der Waals surface area contributed by atoms with Crippen LogP contribution >= 0.6 is 0 Å². The summed E-state index contributed by atoms with van der Waals surface area (Å²) in [6, 6.07) is 8.53. The summed E-state index contributed by atoms with van der Waals surface area (Å²) in [6.07, 6.45) is 1.17. The highest BCUT2D eigenvalue weighted by Crippen LogP contribution is 2.22. The number of carbonyl (C=O) groups is 2. The van der Waals surface area contributed by atoms with Gasteiger partial charge >= 0.3 is 5.97 Å². The molecule has 6 heteroatoms. The van der Waals surface area contributed by atoms with Crippen molar-refractivity contribution >= 4 is 11.8 Å². The van der Waals surface area contributed by atoms with Gasteiger partial charge in [0.05, 0.1) is 18.2 Å². The molecule has 0 unspecified atom stereocenters. The van der Waals surface area contributed by atoms with Crippen molar-refractivity contribution in [1.29, 1.82) is 0 Å². The van der Waals surface area contributed by atoms with Gasteiger partial charge in [0.25, 0.3) is 0 Å². The van der Waals surface area contributed by atoms with Crippen molar-refractivity contribution in [3.8, 4) is 5.69 Å². The minimum atomic E-state index is -0.958. The second-order valence-corrected chi connectivity index (χ2v) is 6.90. The van der Waals surface area contributed by atoms with Crippen molar-refractivity contribution in [3.05, 3.63) is 52.8 Å². The van der Waals surface area contributed by atoms with Crippen LogP contribution < -0.4 is 0 Å². The standard InChI is InChI=1S/C20H24N2O4/c1-13-11-18(19(24)12-21-9-7-17(23)8-10-21)14(2)22(13)16-5-3-15(4-6-16)20(25)26/h3-6,11,17,23H,7-10,12H2,1-2H3,(H,25,26). The number of Topliss-reactive ketones (excluding diaryl/α,β-unsaturated/α-hetero) is 1. The molecule has 1 aliphatic heterocycles. The molecular formula is C20H24N2O4. The van der Waals surface area contributed by atoms with Crippen LogP contribution in [0.2, 0.25) is 0 Å². The number of aliphatic hydroxyl groups is 1. The second-order valence-electron chi connectivity index (χ2n) is 6.90. The molecule has 1 aliphatic rings. The van der Waals surface area contributed by atoms with Gasteiger partial charge in [-0.15, -0.1) is 0 Å². The first-order valence-electron chi connectivity index (χ1n) is 8.83. The highest BCUT2D eigenvalue weighted by Gasteiger charge is 2.22. The van der Waals surface area contributed by atoms with Crippen molar-refractivity contribution in [1.82, 2.24) is 9.47 Å². The van der Waals surface area contributed by atoms with Gasteiger partial charge in [-0.05, 0) is 57.0 Å². The minimum absolute atomic E-state index is 0.0721. The number of piperidine rings is 1. The normalized spacial score (nSPS) is 16.0. The van der Waals surface area contributed by atoms with E-state index in [0.717, 1.165) is 30.2 Å².